The van der Waals surface area contributed by atoms with Crippen molar-refractivity contribution in [3.63, 3.8) is 0 Å². The van der Waals surface area contributed by atoms with Gasteiger partial charge in [-0.2, -0.15) is 5.26 Å². The lowest BCUT2D eigenvalue weighted by molar-refractivity contribution is 0.0275. The van der Waals surface area contributed by atoms with E-state index in [-0.39, 0.29) is 0 Å². The third-order valence-electron chi connectivity index (χ3n) is 4.98. The van der Waals surface area contributed by atoms with Gasteiger partial charge >= 0.3 is 12.1 Å². The number of fused-ring (bicyclic) bond motifs is 1. The second-order valence-electron chi connectivity index (χ2n) is 7.98. The summed E-state index contributed by atoms with van der Waals surface area (Å²) in [6, 6.07) is 8.45. The van der Waals surface area contributed by atoms with Crippen LogP contribution >= 0.6 is 0 Å². The zero-order valence-corrected chi connectivity index (χ0v) is 15.5. The van der Waals surface area contributed by atoms with Crippen LogP contribution in [0.5, 0.6) is 0 Å². The first-order valence-electron chi connectivity index (χ1n) is 8.87. The van der Waals surface area contributed by atoms with Gasteiger partial charge in [-0.1, -0.05) is 24.3 Å². The van der Waals surface area contributed by atoms with E-state index in [0.29, 0.717) is 18.5 Å². The molecular formula is C20H20N4O3. The molecule has 1 spiro atoms. The Bertz CT molecular complexity index is 979. The van der Waals surface area contributed by atoms with E-state index >= 15 is 0 Å². The van der Waals surface area contributed by atoms with Crippen molar-refractivity contribution in [1.82, 2.24) is 9.88 Å². The van der Waals surface area contributed by atoms with Crippen molar-refractivity contribution < 1.29 is 14.3 Å². The van der Waals surface area contributed by atoms with Gasteiger partial charge < -0.3 is 4.74 Å². The Morgan fingerprint density at radius 1 is 1.30 bits per heavy atom. The minimum Gasteiger partial charge on any atom is -0.443 e. The first-order valence-corrected chi connectivity index (χ1v) is 8.87. The van der Waals surface area contributed by atoms with Gasteiger partial charge in [-0.25, -0.2) is 14.5 Å². The molecule has 0 radical (unpaired) electrons. The number of rotatable bonds is 1. The molecule has 1 saturated carbocycles. The number of amides is 3. The standard InChI is InChI=1S/C20H20N4O3/c1-19(2,3)27-18(26)24-17(25)23(16(10-21)20(24)8-9-20)15-12-22-11-13-6-4-5-7-14(13)15/h4-7,11-12,16H,8-9H2,1-3H3. The highest BCUT2D eigenvalue weighted by Crippen LogP contribution is 2.53. The van der Waals surface area contributed by atoms with E-state index in [1.165, 1.54) is 4.90 Å². The molecule has 1 aliphatic carbocycles. The number of aromatic nitrogens is 1. The summed E-state index contributed by atoms with van der Waals surface area (Å²) in [6.07, 6.45) is 3.75. The lowest BCUT2D eigenvalue weighted by Crippen LogP contribution is -2.45. The highest BCUT2D eigenvalue weighted by Gasteiger charge is 2.68. The van der Waals surface area contributed by atoms with Crippen LogP contribution in [0.2, 0.25) is 0 Å². The molecule has 3 amide bonds. The molecule has 1 aliphatic heterocycles. The summed E-state index contributed by atoms with van der Waals surface area (Å²) >= 11 is 0. The van der Waals surface area contributed by atoms with E-state index in [1.807, 2.05) is 24.3 Å². The molecule has 2 fully saturated rings. The van der Waals surface area contributed by atoms with Crippen LogP contribution in [0.4, 0.5) is 15.3 Å². The molecule has 138 valence electrons. The van der Waals surface area contributed by atoms with E-state index < -0.39 is 29.3 Å². The second kappa shape index (κ2) is 5.68. The average molecular weight is 364 g/mol. The number of benzene rings is 1. The van der Waals surface area contributed by atoms with E-state index in [1.54, 1.807) is 33.2 Å². The third-order valence-corrected chi connectivity index (χ3v) is 4.98. The number of anilines is 1. The Balaban J connectivity index is 1.81. The van der Waals surface area contributed by atoms with Crippen LogP contribution in [0.15, 0.2) is 36.7 Å². The van der Waals surface area contributed by atoms with Gasteiger partial charge in [0.05, 0.1) is 23.5 Å². The highest BCUT2D eigenvalue weighted by atomic mass is 16.6. The first kappa shape index (κ1) is 17.3. The van der Waals surface area contributed by atoms with E-state index in [4.69, 9.17) is 4.74 Å². The minimum atomic E-state index is -0.828. The van der Waals surface area contributed by atoms with Crippen molar-refractivity contribution in [1.29, 1.82) is 5.26 Å². The summed E-state index contributed by atoms with van der Waals surface area (Å²) < 4.78 is 5.45. The molecular weight excluding hydrogens is 344 g/mol. The first-order chi connectivity index (χ1) is 12.8. The fraction of sp³-hybridized carbons (Fsp3) is 0.400. The fourth-order valence-corrected chi connectivity index (χ4v) is 3.68. The lowest BCUT2D eigenvalue weighted by Gasteiger charge is -2.26. The molecule has 1 atom stereocenters. The van der Waals surface area contributed by atoms with Crippen LogP contribution in [0.3, 0.4) is 0 Å². The largest absolute Gasteiger partial charge is 0.443 e. The van der Waals surface area contributed by atoms with Crippen molar-refractivity contribution in [3.8, 4) is 6.07 Å². The number of urea groups is 1. The minimum absolute atomic E-state index is 0.530. The van der Waals surface area contributed by atoms with Crippen molar-refractivity contribution in [2.45, 2.75) is 50.8 Å². The van der Waals surface area contributed by atoms with Crippen LogP contribution in [-0.4, -0.2) is 39.2 Å². The summed E-state index contributed by atoms with van der Waals surface area (Å²) in [6.45, 7) is 5.25. The molecule has 7 heteroatoms. The maximum absolute atomic E-state index is 13.3. The van der Waals surface area contributed by atoms with E-state index in [2.05, 4.69) is 11.1 Å². The predicted molar refractivity (Wildman–Crippen MR) is 99.1 cm³/mol. The van der Waals surface area contributed by atoms with Gasteiger partial charge in [-0.05, 0) is 33.6 Å². The van der Waals surface area contributed by atoms with Crippen LogP contribution in [-0.2, 0) is 4.74 Å². The number of hydrogen-bond donors (Lipinski definition) is 0. The Morgan fingerprint density at radius 3 is 2.63 bits per heavy atom. The third kappa shape index (κ3) is 2.60. The molecule has 1 saturated heterocycles. The van der Waals surface area contributed by atoms with Crippen molar-refractivity contribution in [3.05, 3.63) is 36.7 Å². The normalized spacial score (nSPS) is 20.8. The van der Waals surface area contributed by atoms with Crippen LogP contribution in [0, 0.1) is 11.3 Å². The zero-order valence-electron chi connectivity index (χ0n) is 15.5. The Morgan fingerprint density at radius 2 is 2.00 bits per heavy atom. The number of hydrogen-bond acceptors (Lipinski definition) is 5. The molecule has 27 heavy (non-hydrogen) atoms. The number of carbonyl (C=O) groups excluding carboxylic acids is 2. The molecule has 2 aromatic rings. The van der Waals surface area contributed by atoms with E-state index in [0.717, 1.165) is 15.7 Å². The molecule has 1 aromatic carbocycles. The van der Waals surface area contributed by atoms with Gasteiger partial charge in [0.1, 0.15) is 11.6 Å². The summed E-state index contributed by atoms with van der Waals surface area (Å²) in [5.74, 6) is 0. The van der Waals surface area contributed by atoms with Crippen LogP contribution < -0.4 is 4.90 Å². The average Bonchev–Trinajstić information content (AvgIpc) is 3.33. The number of pyridine rings is 1. The van der Waals surface area contributed by atoms with Crippen LogP contribution in [0.25, 0.3) is 10.8 Å². The SMILES string of the molecule is CC(C)(C)OC(=O)N1C(=O)N(c2cncc3ccccc23)C(C#N)C12CC2. The number of carbonyl (C=O) groups is 2. The van der Waals surface area contributed by atoms with Gasteiger partial charge in [0.25, 0.3) is 0 Å². The zero-order chi connectivity index (χ0) is 19.4. The van der Waals surface area contributed by atoms with E-state index in [9.17, 15) is 14.9 Å². The summed E-state index contributed by atoms with van der Waals surface area (Å²) in [4.78, 5) is 32.8. The topological polar surface area (TPSA) is 86.5 Å². The van der Waals surface area contributed by atoms with Gasteiger partial charge in [0.15, 0.2) is 0 Å². The Hall–Kier alpha value is -3.14. The summed E-state index contributed by atoms with van der Waals surface area (Å²) in [5.41, 5.74) is -1.03. The molecule has 2 aliphatic rings. The Labute approximate surface area is 157 Å². The van der Waals surface area contributed by atoms with Crippen molar-refractivity contribution >= 4 is 28.6 Å². The number of imide groups is 1. The smallest absolute Gasteiger partial charge is 0.419 e. The quantitative estimate of drug-likeness (QED) is 0.767. The van der Waals surface area contributed by atoms with Gasteiger partial charge in [-0.15, -0.1) is 0 Å². The maximum atomic E-state index is 13.3. The molecule has 1 aromatic heterocycles. The summed E-state index contributed by atoms with van der Waals surface area (Å²) in [7, 11) is 0. The molecule has 0 bridgehead atoms. The molecule has 2 heterocycles. The molecule has 4 rings (SSSR count). The maximum Gasteiger partial charge on any atom is 0.419 e. The fourth-order valence-electron chi connectivity index (χ4n) is 3.68. The van der Waals surface area contributed by atoms with Crippen molar-refractivity contribution in [2.24, 2.45) is 0 Å². The molecule has 1 unspecified atom stereocenters. The number of nitrogens with zero attached hydrogens (tertiary/aromatic N) is 4. The summed E-state index contributed by atoms with van der Waals surface area (Å²) in [5, 5.41) is 11.5. The van der Waals surface area contributed by atoms with Crippen molar-refractivity contribution in [2.75, 3.05) is 4.90 Å². The van der Waals surface area contributed by atoms with Gasteiger partial charge in [0.2, 0.25) is 0 Å². The van der Waals surface area contributed by atoms with Gasteiger partial charge in [0, 0.05) is 17.0 Å². The highest BCUT2D eigenvalue weighted by molar-refractivity contribution is 6.10. The molecule has 0 N–H and O–H groups in total. The second-order valence-corrected chi connectivity index (χ2v) is 7.98. The Kier molecular flexibility index (Phi) is 3.63. The van der Waals surface area contributed by atoms with Crippen LogP contribution in [0.1, 0.15) is 33.6 Å². The number of ether oxygens (including phenoxy) is 1. The predicted octanol–water partition coefficient (Wildman–Crippen LogP) is 3.84. The monoisotopic (exact) mass is 364 g/mol. The lowest BCUT2D eigenvalue weighted by atomic mass is 10.1. The number of nitriles is 1. The molecule has 7 nitrogen and oxygen atoms in total. The van der Waals surface area contributed by atoms with Gasteiger partial charge in [-0.3, -0.25) is 9.88 Å².